The molecule has 1 unspecified atom stereocenters. The maximum absolute atomic E-state index is 12.6. The van der Waals surface area contributed by atoms with Crippen LogP contribution in [0.2, 0.25) is 0 Å². The van der Waals surface area contributed by atoms with Gasteiger partial charge in [0.2, 0.25) is 0 Å². The van der Waals surface area contributed by atoms with Crippen LogP contribution in [0.3, 0.4) is 0 Å². The first-order valence-electron chi connectivity index (χ1n) is 9.64. The van der Waals surface area contributed by atoms with Gasteiger partial charge < -0.3 is 13.4 Å². The van der Waals surface area contributed by atoms with Gasteiger partial charge in [0.05, 0.1) is 6.61 Å². The minimum absolute atomic E-state index is 0.0670. The van der Waals surface area contributed by atoms with Crippen LogP contribution in [0.4, 0.5) is 13.2 Å². The molecule has 1 aliphatic heterocycles. The second-order valence-corrected chi connectivity index (χ2v) is 10.5. The van der Waals surface area contributed by atoms with Gasteiger partial charge >= 0.3 is 15.6 Å². The summed E-state index contributed by atoms with van der Waals surface area (Å²) >= 11 is 2.13. The SMILES string of the molecule is O=S(=O)(Oc1ccc([C@@H]2c3ccc(OPI)cc3OC[C@@H]2c2ccccc2)cc1)C(F)(F)F. The Morgan fingerprint density at radius 3 is 2.24 bits per heavy atom. The molecule has 3 aromatic carbocycles. The summed E-state index contributed by atoms with van der Waals surface area (Å²) in [6, 6.07) is 21.0. The van der Waals surface area contributed by atoms with Gasteiger partial charge in [-0.2, -0.15) is 21.6 Å². The summed E-state index contributed by atoms with van der Waals surface area (Å²) in [5.41, 5.74) is -2.77. The van der Waals surface area contributed by atoms with E-state index in [0.29, 0.717) is 18.1 Å². The van der Waals surface area contributed by atoms with Crippen LogP contribution >= 0.6 is 28.5 Å². The third-order valence-electron chi connectivity index (χ3n) is 5.25. The second kappa shape index (κ2) is 9.68. The predicted molar refractivity (Wildman–Crippen MR) is 128 cm³/mol. The van der Waals surface area contributed by atoms with Crippen molar-refractivity contribution in [3.8, 4) is 17.2 Å². The molecule has 3 aromatic rings. The minimum Gasteiger partial charge on any atom is -0.492 e. The highest BCUT2D eigenvalue weighted by Gasteiger charge is 2.48. The quantitative estimate of drug-likeness (QED) is 0.138. The lowest BCUT2D eigenvalue weighted by Crippen LogP contribution is -2.28. The molecule has 4 rings (SSSR count). The maximum Gasteiger partial charge on any atom is 0.534 e. The van der Waals surface area contributed by atoms with Crippen molar-refractivity contribution < 1.29 is 35.0 Å². The van der Waals surface area contributed by atoms with Gasteiger partial charge in [0.1, 0.15) is 23.7 Å². The van der Waals surface area contributed by atoms with Gasteiger partial charge in [0.25, 0.3) is 0 Å². The van der Waals surface area contributed by atoms with Crippen LogP contribution in [0, 0.1) is 0 Å². The van der Waals surface area contributed by atoms with Crippen molar-refractivity contribution in [2.45, 2.75) is 17.3 Å². The number of benzene rings is 3. The molecule has 0 spiro atoms. The fourth-order valence-corrected chi connectivity index (χ4v) is 5.24. The third kappa shape index (κ3) is 5.22. The molecule has 3 atom stereocenters. The van der Waals surface area contributed by atoms with Crippen LogP contribution in [-0.2, 0) is 10.1 Å². The van der Waals surface area contributed by atoms with Crippen molar-refractivity contribution >= 4 is 38.6 Å². The highest BCUT2D eigenvalue weighted by atomic mass is 127. The lowest BCUT2D eigenvalue weighted by molar-refractivity contribution is -0.0500. The number of hydrogen-bond donors (Lipinski definition) is 0. The van der Waals surface area contributed by atoms with Crippen molar-refractivity contribution in [3.05, 3.63) is 89.5 Å². The van der Waals surface area contributed by atoms with Gasteiger partial charge in [-0.25, -0.2) is 0 Å². The van der Waals surface area contributed by atoms with Crippen LogP contribution in [-0.4, -0.2) is 20.5 Å². The number of fused-ring (bicyclic) bond motifs is 1. The Morgan fingerprint density at radius 2 is 1.61 bits per heavy atom. The molecular formula is C22H17F3IO5PS. The molecule has 0 N–H and O–H groups in total. The average Bonchev–Trinajstić information content (AvgIpc) is 2.79. The van der Waals surface area contributed by atoms with E-state index < -0.39 is 21.4 Å². The Hall–Kier alpha value is -2.04. The molecule has 33 heavy (non-hydrogen) atoms. The van der Waals surface area contributed by atoms with Crippen LogP contribution < -0.4 is 13.4 Å². The summed E-state index contributed by atoms with van der Waals surface area (Å²) in [4.78, 5) is 0. The van der Waals surface area contributed by atoms with Crippen molar-refractivity contribution in [2.24, 2.45) is 0 Å². The Morgan fingerprint density at radius 1 is 0.939 bits per heavy atom. The summed E-state index contributed by atoms with van der Waals surface area (Å²) in [5.74, 6) is 0.688. The van der Waals surface area contributed by atoms with Crippen molar-refractivity contribution in [3.63, 3.8) is 0 Å². The molecule has 0 aliphatic carbocycles. The van der Waals surface area contributed by atoms with Crippen molar-refractivity contribution in [1.82, 2.24) is 0 Å². The van der Waals surface area contributed by atoms with E-state index in [0.717, 1.165) is 16.7 Å². The Balaban J connectivity index is 1.72. The zero-order valence-corrected chi connectivity index (χ0v) is 20.7. The van der Waals surface area contributed by atoms with Gasteiger partial charge in [0, 0.05) is 23.5 Å². The maximum atomic E-state index is 12.6. The summed E-state index contributed by atoms with van der Waals surface area (Å²) in [7, 11) is -5.74. The first-order chi connectivity index (χ1) is 15.7. The first-order valence-corrected chi connectivity index (χ1v) is 15.1. The zero-order valence-electron chi connectivity index (χ0n) is 16.8. The largest absolute Gasteiger partial charge is 0.534 e. The number of ether oxygens (including phenoxy) is 1. The number of alkyl halides is 3. The van der Waals surface area contributed by atoms with Crippen molar-refractivity contribution in [2.75, 3.05) is 6.61 Å². The van der Waals surface area contributed by atoms with Crippen LogP contribution in [0.5, 0.6) is 17.2 Å². The lowest BCUT2D eigenvalue weighted by atomic mass is 9.76. The molecule has 0 amide bonds. The van der Waals surface area contributed by atoms with Crippen LogP contribution in [0.15, 0.2) is 72.8 Å². The van der Waals surface area contributed by atoms with Crippen LogP contribution in [0.25, 0.3) is 0 Å². The Bertz CT molecular complexity index is 1220. The van der Waals surface area contributed by atoms with Gasteiger partial charge in [-0.1, -0.05) is 48.5 Å². The molecule has 174 valence electrons. The summed E-state index contributed by atoms with van der Waals surface area (Å²) in [6.45, 7) is 0.636. The fraction of sp³-hybridized carbons (Fsp3) is 0.182. The van der Waals surface area contributed by atoms with E-state index in [2.05, 4.69) is 26.2 Å². The van der Waals surface area contributed by atoms with Gasteiger partial charge in [-0.3, -0.25) is 0 Å². The smallest absolute Gasteiger partial charge is 0.492 e. The van der Waals surface area contributed by atoms with Gasteiger partial charge in [-0.05, 0) is 51.4 Å². The molecular weight excluding hydrogens is 591 g/mol. The third-order valence-corrected chi connectivity index (χ3v) is 7.21. The van der Waals surface area contributed by atoms with E-state index in [9.17, 15) is 21.6 Å². The molecule has 0 saturated heterocycles. The van der Waals surface area contributed by atoms with E-state index in [4.69, 9.17) is 9.26 Å². The van der Waals surface area contributed by atoms with E-state index >= 15 is 0 Å². The Kier molecular flexibility index (Phi) is 7.07. The minimum atomic E-state index is -5.74. The Labute approximate surface area is 203 Å². The first kappa shape index (κ1) is 24.1. The standard InChI is InChI=1S/C22H17F3IO5PS/c23-22(24,25)33(27,28)31-16-8-6-15(7-9-16)21-18-11-10-17(30-32-26)12-20(18)29-13-19(21)14-4-2-1-3-5-14/h1-12,19,21,32H,13H2/t19-,21-/m1/s1. The van der Waals surface area contributed by atoms with E-state index in [1.165, 1.54) is 12.1 Å². The molecule has 0 aromatic heterocycles. The summed E-state index contributed by atoms with van der Waals surface area (Å²) in [6.07, 6.45) is 0. The number of rotatable bonds is 6. The highest BCUT2D eigenvalue weighted by Crippen LogP contribution is 2.47. The molecule has 0 fully saturated rings. The van der Waals surface area contributed by atoms with Crippen LogP contribution in [0.1, 0.15) is 28.5 Å². The van der Waals surface area contributed by atoms with Crippen molar-refractivity contribution in [1.29, 1.82) is 0 Å². The van der Waals surface area contributed by atoms with E-state index in [1.807, 2.05) is 48.5 Å². The normalized spacial score (nSPS) is 18.5. The molecule has 11 heteroatoms. The summed E-state index contributed by atoms with van der Waals surface area (Å²) < 4.78 is 76.4. The molecule has 1 aliphatic rings. The van der Waals surface area contributed by atoms with Gasteiger partial charge in [-0.15, -0.1) is 0 Å². The fourth-order valence-electron chi connectivity index (χ4n) is 3.80. The molecule has 1 heterocycles. The molecule has 5 nitrogen and oxygen atoms in total. The topological polar surface area (TPSA) is 61.8 Å². The monoisotopic (exact) mass is 608 g/mol. The average molecular weight is 608 g/mol. The number of hydrogen-bond acceptors (Lipinski definition) is 5. The second-order valence-electron chi connectivity index (χ2n) is 7.24. The number of halogens is 4. The highest BCUT2D eigenvalue weighted by molar-refractivity contribution is 14.2. The zero-order chi connectivity index (χ0) is 23.6. The van der Waals surface area contributed by atoms with E-state index in [-0.39, 0.29) is 18.3 Å². The lowest BCUT2D eigenvalue weighted by Gasteiger charge is -2.34. The molecule has 0 radical (unpaired) electrons. The van der Waals surface area contributed by atoms with Gasteiger partial charge in [0.15, 0.2) is 0 Å². The molecule has 0 saturated carbocycles. The van der Waals surface area contributed by atoms with E-state index in [1.54, 1.807) is 12.1 Å². The summed E-state index contributed by atoms with van der Waals surface area (Å²) in [5, 5.41) is 0. The molecule has 0 bridgehead atoms. The predicted octanol–water partition coefficient (Wildman–Crippen LogP) is 6.55.